The summed E-state index contributed by atoms with van der Waals surface area (Å²) in [6.45, 7) is 9.73. The first kappa shape index (κ1) is 23.1. The predicted molar refractivity (Wildman–Crippen MR) is 124 cm³/mol. The maximum Gasteiger partial charge on any atom is 0.244 e. The maximum atomic E-state index is 13.4. The number of benzene rings is 2. The molecule has 7 heteroatoms. The van der Waals surface area contributed by atoms with Gasteiger partial charge in [0.15, 0.2) is 0 Å². The number of hydrogen-bond donors (Lipinski definition) is 1. The summed E-state index contributed by atoms with van der Waals surface area (Å²) in [4.78, 5) is 13.4. The van der Waals surface area contributed by atoms with Crippen LogP contribution in [0.1, 0.15) is 56.3 Å². The molecule has 1 N–H and O–H groups in total. The van der Waals surface area contributed by atoms with E-state index in [-0.39, 0.29) is 11.9 Å². The Bertz CT molecular complexity index is 1060. The van der Waals surface area contributed by atoms with Crippen LogP contribution in [0, 0.1) is 13.8 Å². The zero-order valence-corrected chi connectivity index (χ0v) is 19.9. The normalized spacial score (nSPS) is 18.5. The highest BCUT2D eigenvalue weighted by molar-refractivity contribution is 7.92. The summed E-state index contributed by atoms with van der Waals surface area (Å²) in [6, 6.07) is 12.0. The minimum atomic E-state index is -3.67. The Labute approximate surface area is 185 Å². The summed E-state index contributed by atoms with van der Waals surface area (Å²) >= 11 is 0. The number of nitrogens with zero attached hydrogens (tertiary/aromatic N) is 1. The topological polar surface area (TPSA) is 75.7 Å². The molecule has 1 heterocycles. The molecule has 0 aromatic heterocycles. The summed E-state index contributed by atoms with van der Waals surface area (Å²) < 4.78 is 32.7. The molecule has 0 unspecified atom stereocenters. The third-order valence-electron chi connectivity index (χ3n) is 5.56. The van der Waals surface area contributed by atoms with Gasteiger partial charge in [-0.05, 0) is 52.3 Å². The molecular weight excluding hydrogens is 412 g/mol. The molecule has 31 heavy (non-hydrogen) atoms. The van der Waals surface area contributed by atoms with E-state index in [2.05, 4.69) is 5.32 Å². The van der Waals surface area contributed by atoms with Crippen LogP contribution >= 0.6 is 0 Å². The van der Waals surface area contributed by atoms with Crippen LogP contribution in [-0.2, 0) is 14.8 Å². The molecule has 3 rings (SSSR count). The van der Waals surface area contributed by atoms with Crippen molar-refractivity contribution in [2.24, 2.45) is 0 Å². The number of hydrogen-bond acceptors (Lipinski definition) is 4. The van der Waals surface area contributed by atoms with E-state index in [0.717, 1.165) is 28.7 Å². The van der Waals surface area contributed by atoms with Gasteiger partial charge in [-0.25, -0.2) is 8.42 Å². The highest BCUT2D eigenvalue weighted by Crippen LogP contribution is 2.40. The zero-order chi connectivity index (χ0) is 23.0. The molecule has 0 spiro atoms. The number of aryl methyl sites for hydroxylation is 2. The van der Waals surface area contributed by atoms with Gasteiger partial charge in [0.25, 0.3) is 0 Å². The molecule has 1 amide bonds. The smallest absolute Gasteiger partial charge is 0.244 e. The number of nitrogens with one attached hydrogen (secondary N) is 1. The van der Waals surface area contributed by atoms with Gasteiger partial charge in [0, 0.05) is 12.0 Å². The maximum absolute atomic E-state index is 13.4. The quantitative estimate of drug-likeness (QED) is 0.722. The summed E-state index contributed by atoms with van der Waals surface area (Å²) in [5.41, 5.74) is 3.05. The lowest BCUT2D eigenvalue weighted by molar-refractivity contribution is -0.123. The highest BCUT2D eigenvalue weighted by Gasteiger charge is 2.37. The fourth-order valence-corrected chi connectivity index (χ4v) is 5.33. The SMILES string of the molecule is CC[C@@H](C(=O)N[C@H]1CC(C)(C)Oc2ccc(C)cc21)N(c1ccc(C)cc1)S(C)(=O)=O. The lowest BCUT2D eigenvalue weighted by Crippen LogP contribution is -2.51. The molecule has 0 saturated carbocycles. The number of carbonyl (C=O) groups excluding carboxylic acids is 1. The van der Waals surface area contributed by atoms with Crippen molar-refractivity contribution in [2.45, 2.75) is 65.1 Å². The van der Waals surface area contributed by atoms with Crippen molar-refractivity contribution < 1.29 is 17.9 Å². The van der Waals surface area contributed by atoms with E-state index in [1.807, 2.05) is 65.0 Å². The first-order chi connectivity index (χ1) is 14.4. The van der Waals surface area contributed by atoms with Crippen molar-refractivity contribution in [3.63, 3.8) is 0 Å². The molecule has 0 bridgehead atoms. The number of anilines is 1. The number of fused-ring (bicyclic) bond motifs is 1. The van der Waals surface area contributed by atoms with E-state index < -0.39 is 21.7 Å². The van der Waals surface area contributed by atoms with Gasteiger partial charge in [0.2, 0.25) is 15.9 Å². The van der Waals surface area contributed by atoms with Gasteiger partial charge in [-0.1, -0.05) is 42.3 Å². The van der Waals surface area contributed by atoms with Crippen molar-refractivity contribution in [1.29, 1.82) is 0 Å². The highest BCUT2D eigenvalue weighted by atomic mass is 32.2. The van der Waals surface area contributed by atoms with Crippen molar-refractivity contribution in [1.82, 2.24) is 5.32 Å². The minimum absolute atomic E-state index is 0.264. The van der Waals surface area contributed by atoms with Crippen LogP contribution < -0.4 is 14.4 Å². The van der Waals surface area contributed by atoms with Crippen LogP contribution in [-0.4, -0.2) is 32.2 Å². The van der Waals surface area contributed by atoms with E-state index in [0.29, 0.717) is 18.5 Å². The molecule has 1 aliphatic rings. The first-order valence-corrected chi connectivity index (χ1v) is 12.4. The Balaban J connectivity index is 1.95. The Hall–Kier alpha value is -2.54. The lowest BCUT2D eigenvalue weighted by atomic mass is 9.88. The van der Waals surface area contributed by atoms with Crippen LogP contribution in [0.2, 0.25) is 0 Å². The van der Waals surface area contributed by atoms with Crippen LogP contribution in [0.15, 0.2) is 42.5 Å². The van der Waals surface area contributed by atoms with Crippen molar-refractivity contribution in [3.05, 3.63) is 59.2 Å². The number of carbonyl (C=O) groups is 1. The number of ether oxygens (including phenoxy) is 1. The van der Waals surface area contributed by atoms with E-state index in [4.69, 9.17) is 4.74 Å². The van der Waals surface area contributed by atoms with Crippen LogP contribution in [0.25, 0.3) is 0 Å². The van der Waals surface area contributed by atoms with Gasteiger partial charge in [-0.2, -0.15) is 0 Å². The van der Waals surface area contributed by atoms with E-state index in [1.54, 1.807) is 12.1 Å². The molecule has 2 aromatic carbocycles. The zero-order valence-electron chi connectivity index (χ0n) is 19.1. The molecule has 0 saturated heterocycles. The molecule has 2 atom stereocenters. The van der Waals surface area contributed by atoms with Crippen molar-refractivity contribution >= 4 is 21.6 Å². The predicted octanol–water partition coefficient (Wildman–Crippen LogP) is 4.27. The summed E-state index contributed by atoms with van der Waals surface area (Å²) in [5.74, 6) is 0.433. The second-order valence-electron chi connectivity index (χ2n) is 8.99. The fraction of sp³-hybridized carbons (Fsp3) is 0.458. The van der Waals surface area contributed by atoms with Gasteiger partial charge in [0.05, 0.1) is 18.0 Å². The molecule has 0 radical (unpaired) electrons. The molecule has 168 valence electrons. The largest absolute Gasteiger partial charge is 0.487 e. The summed E-state index contributed by atoms with van der Waals surface area (Å²) in [6.07, 6.45) is 2.08. The molecular formula is C24H32N2O4S. The Morgan fingerprint density at radius 1 is 1.16 bits per heavy atom. The van der Waals surface area contributed by atoms with Gasteiger partial charge in [-0.3, -0.25) is 9.10 Å². The fourth-order valence-electron chi connectivity index (χ4n) is 4.12. The van der Waals surface area contributed by atoms with E-state index >= 15 is 0 Å². The molecule has 1 aliphatic heterocycles. The summed E-state index contributed by atoms with van der Waals surface area (Å²) in [7, 11) is -3.67. The van der Waals surface area contributed by atoms with Crippen LogP contribution in [0.5, 0.6) is 5.75 Å². The monoisotopic (exact) mass is 444 g/mol. The lowest BCUT2D eigenvalue weighted by Gasteiger charge is -2.39. The Morgan fingerprint density at radius 3 is 2.35 bits per heavy atom. The van der Waals surface area contributed by atoms with Crippen molar-refractivity contribution in [2.75, 3.05) is 10.6 Å². The molecule has 6 nitrogen and oxygen atoms in total. The molecule has 0 aliphatic carbocycles. The van der Waals surface area contributed by atoms with Gasteiger partial charge in [0.1, 0.15) is 17.4 Å². The Kier molecular flexibility index (Phi) is 6.37. The molecule has 0 fully saturated rings. The average Bonchev–Trinajstić information content (AvgIpc) is 2.66. The standard InChI is InChI=1S/C24H32N2O4S/c1-7-21(26(31(6,28)29)18-11-8-16(2)9-12-18)23(27)25-20-15-24(4,5)30-22-13-10-17(3)14-19(20)22/h8-14,20-21H,7,15H2,1-6H3,(H,25,27)/t20-,21-/m0/s1. The molecule has 2 aromatic rings. The van der Waals surface area contributed by atoms with Crippen molar-refractivity contribution in [3.8, 4) is 5.75 Å². The number of amides is 1. The van der Waals surface area contributed by atoms with Crippen LogP contribution in [0.4, 0.5) is 5.69 Å². The third kappa shape index (κ3) is 5.21. The van der Waals surface area contributed by atoms with E-state index in [9.17, 15) is 13.2 Å². The minimum Gasteiger partial charge on any atom is -0.487 e. The summed E-state index contributed by atoms with van der Waals surface area (Å²) in [5, 5.41) is 3.12. The second-order valence-corrected chi connectivity index (χ2v) is 10.8. The van der Waals surface area contributed by atoms with Crippen LogP contribution in [0.3, 0.4) is 0 Å². The van der Waals surface area contributed by atoms with Gasteiger partial charge < -0.3 is 10.1 Å². The number of sulfonamides is 1. The average molecular weight is 445 g/mol. The van der Waals surface area contributed by atoms with Gasteiger partial charge >= 0.3 is 0 Å². The number of rotatable bonds is 6. The second kappa shape index (κ2) is 8.54. The Morgan fingerprint density at radius 2 is 1.77 bits per heavy atom. The van der Waals surface area contributed by atoms with Gasteiger partial charge in [-0.15, -0.1) is 0 Å². The van der Waals surface area contributed by atoms with E-state index in [1.165, 1.54) is 4.31 Å². The third-order valence-corrected chi connectivity index (χ3v) is 6.74. The first-order valence-electron chi connectivity index (χ1n) is 10.6.